The Kier molecular flexibility index (Phi) is 8.30. The smallest absolute Gasteiger partial charge is 0.410 e. The number of carbonyl (C=O) groups is 2. The number of methoxy groups -OCH3 is 1. The summed E-state index contributed by atoms with van der Waals surface area (Å²) in [6, 6.07) is 9.24. The van der Waals surface area contributed by atoms with E-state index < -0.39 is 11.5 Å². The molecular formula is C24H37NO5. The molecule has 168 valence electrons. The molecule has 2 rings (SSSR count). The second-order valence-electron chi connectivity index (χ2n) is 9.51. The van der Waals surface area contributed by atoms with Gasteiger partial charge in [0.1, 0.15) is 11.5 Å². The summed E-state index contributed by atoms with van der Waals surface area (Å²) in [5.74, 6) is -0.861. The monoisotopic (exact) mass is 419 g/mol. The van der Waals surface area contributed by atoms with E-state index in [4.69, 9.17) is 14.2 Å². The summed E-state index contributed by atoms with van der Waals surface area (Å²) < 4.78 is 16.8. The molecule has 0 spiro atoms. The van der Waals surface area contributed by atoms with Crippen molar-refractivity contribution in [1.29, 1.82) is 0 Å². The highest BCUT2D eigenvalue weighted by Gasteiger charge is 2.40. The molecule has 1 saturated heterocycles. The first kappa shape index (κ1) is 24.2. The van der Waals surface area contributed by atoms with Gasteiger partial charge in [0.15, 0.2) is 0 Å². The van der Waals surface area contributed by atoms with E-state index >= 15 is 0 Å². The van der Waals surface area contributed by atoms with Gasteiger partial charge in [-0.1, -0.05) is 30.3 Å². The fourth-order valence-electron chi connectivity index (χ4n) is 3.78. The van der Waals surface area contributed by atoms with Crippen LogP contribution in [0, 0.1) is 0 Å². The maximum Gasteiger partial charge on any atom is 0.410 e. The highest BCUT2D eigenvalue weighted by atomic mass is 16.6. The molecule has 1 aromatic rings. The number of amides is 1. The van der Waals surface area contributed by atoms with Crippen LogP contribution >= 0.6 is 0 Å². The van der Waals surface area contributed by atoms with E-state index in [1.54, 1.807) is 4.90 Å². The third-order valence-electron chi connectivity index (χ3n) is 5.39. The number of esters is 1. The Labute approximate surface area is 180 Å². The Bertz CT molecular complexity index is 695. The fraction of sp³-hybridized carbons (Fsp3) is 0.667. The van der Waals surface area contributed by atoms with Crippen molar-refractivity contribution in [3.05, 3.63) is 35.9 Å². The first-order chi connectivity index (χ1) is 14.0. The van der Waals surface area contributed by atoms with Crippen molar-refractivity contribution in [1.82, 2.24) is 4.90 Å². The van der Waals surface area contributed by atoms with Gasteiger partial charge in [-0.2, -0.15) is 0 Å². The zero-order valence-corrected chi connectivity index (χ0v) is 19.3. The number of nitrogens with zero attached hydrogens (tertiary/aromatic N) is 1. The highest BCUT2D eigenvalue weighted by molar-refractivity contribution is 5.80. The van der Waals surface area contributed by atoms with Gasteiger partial charge >= 0.3 is 12.1 Å². The molecule has 6 nitrogen and oxygen atoms in total. The van der Waals surface area contributed by atoms with Crippen LogP contribution in [-0.4, -0.2) is 54.5 Å². The second-order valence-corrected chi connectivity index (χ2v) is 9.51. The van der Waals surface area contributed by atoms with Crippen LogP contribution in [-0.2, 0) is 19.0 Å². The van der Waals surface area contributed by atoms with Gasteiger partial charge < -0.3 is 19.1 Å². The Balaban J connectivity index is 2.15. The molecule has 6 heteroatoms. The zero-order valence-electron chi connectivity index (χ0n) is 19.3. The van der Waals surface area contributed by atoms with Crippen LogP contribution in [0.4, 0.5) is 4.79 Å². The highest BCUT2D eigenvalue weighted by Crippen LogP contribution is 2.33. The number of piperidine rings is 1. The van der Waals surface area contributed by atoms with Gasteiger partial charge in [-0.3, -0.25) is 4.79 Å². The van der Waals surface area contributed by atoms with Crippen LogP contribution in [0.5, 0.6) is 0 Å². The Morgan fingerprint density at radius 3 is 2.37 bits per heavy atom. The minimum Gasteiger partial charge on any atom is -0.468 e. The summed E-state index contributed by atoms with van der Waals surface area (Å²) in [6.45, 7) is 10.9. The molecule has 1 aliphatic rings. The lowest BCUT2D eigenvalue weighted by Gasteiger charge is -2.40. The topological polar surface area (TPSA) is 65.1 Å². The van der Waals surface area contributed by atoms with Crippen LogP contribution in [0.2, 0.25) is 0 Å². The molecule has 0 aliphatic carbocycles. The van der Waals surface area contributed by atoms with Crippen molar-refractivity contribution in [3.63, 3.8) is 0 Å². The summed E-state index contributed by atoms with van der Waals surface area (Å²) in [4.78, 5) is 27.5. The molecule has 1 heterocycles. The minimum atomic E-state index is -0.669. The van der Waals surface area contributed by atoms with Gasteiger partial charge in [0.25, 0.3) is 0 Å². The lowest BCUT2D eigenvalue weighted by molar-refractivity contribution is -0.144. The van der Waals surface area contributed by atoms with Crippen molar-refractivity contribution in [2.45, 2.75) is 83.5 Å². The summed E-state index contributed by atoms with van der Waals surface area (Å²) >= 11 is 0. The summed E-state index contributed by atoms with van der Waals surface area (Å²) in [5, 5.41) is 0. The number of benzene rings is 1. The minimum absolute atomic E-state index is 0.235. The van der Waals surface area contributed by atoms with Gasteiger partial charge in [0, 0.05) is 13.0 Å². The van der Waals surface area contributed by atoms with E-state index in [0.29, 0.717) is 19.6 Å². The molecule has 1 aliphatic heterocycles. The van der Waals surface area contributed by atoms with Crippen LogP contribution in [0.25, 0.3) is 0 Å². The molecule has 1 fully saturated rings. The molecule has 1 aromatic carbocycles. The van der Waals surface area contributed by atoms with Gasteiger partial charge in [0.05, 0.1) is 25.4 Å². The van der Waals surface area contributed by atoms with Crippen LogP contribution < -0.4 is 0 Å². The van der Waals surface area contributed by atoms with E-state index in [2.05, 4.69) is 0 Å². The number of carbonyl (C=O) groups excluding carboxylic acids is 2. The molecule has 0 N–H and O–H groups in total. The maximum atomic E-state index is 13.1. The summed E-state index contributed by atoms with van der Waals surface area (Å²) in [6.07, 6.45) is 2.79. The lowest BCUT2D eigenvalue weighted by Crippen LogP contribution is -2.50. The SMILES string of the molecule is COC(=O)C(c1ccccc1)C1CCCCN1C(=O)OC(C)(C)CCOC(C)(C)C. The molecule has 1 amide bonds. The molecule has 0 aromatic heterocycles. The summed E-state index contributed by atoms with van der Waals surface area (Å²) in [7, 11) is 1.39. The van der Waals surface area contributed by atoms with Gasteiger partial charge in [-0.25, -0.2) is 4.79 Å². The molecule has 0 bridgehead atoms. The molecule has 0 radical (unpaired) electrons. The van der Waals surface area contributed by atoms with Crippen molar-refractivity contribution in [2.24, 2.45) is 0 Å². The fourth-order valence-corrected chi connectivity index (χ4v) is 3.78. The third-order valence-corrected chi connectivity index (χ3v) is 5.39. The number of rotatable bonds is 7. The Morgan fingerprint density at radius 2 is 1.77 bits per heavy atom. The molecule has 2 unspecified atom stereocenters. The van der Waals surface area contributed by atoms with Crippen molar-refractivity contribution in [3.8, 4) is 0 Å². The van der Waals surface area contributed by atoms with Crippen LogP contribution in [0.3, 0.4) is 0 Å². The number of likely N-dealkylation sites (tertiary alicyclic amines) is 1. The normalized spacial score (nSPS) is 18.6. The molecule has 2 atom stereocenters. The van der Waals surface area contributed by atoms with Crippen molar-refractivity contribution >= 4 is 12.1 Å². The maximum absolute atomic E-state index is 13.1. The van der Waals surface area contributed by atoms with Crippen LogP contribution in [0.1, 0.15) is 71.8 Å². The van der Waals surface area contributed by atoms with Crippen molar-refractivity contribution in [2.75, 3.05) is 20.3 Å². The van der Waals surface area contributed by atoms with Gasteiger partial charge in [-0.15, -0.1) is 0 Å². The van der Waals surface area contributed by atoms with E-state index in [-0.39, 0.29) is 23.7 Å². The Hall–Kier alpha value is -2.08. The second kappa shape index (κ2) is 10.3. The van der Waals surface area contributed by atoms with E-state index in [0.717, 1.165) is 24.8 Å². The molecule has 30 heavy (non-hydrogen) atoms. The average Bonchev–Trinajstić information content (AvgIpc) is 2.67. The van der Waals surface area contributed by atoms with Gasteiger partial charge in [0.2, 0.25) is 0 Å². The third kappa shape index (κ3) is 7.01. The Morgan fingerprint density at radius 1 is 1.10 bits per heavy atom. The number of hydrogen-bond acceptors (Lipinski definition) is 5. The van der Waals surface area contributed by atoms with Gasteiger partial charge in [-0.05, 0) is 59.4 Å². The predicted octanol–water partition coefficient (Wildman–Crippen LogP) is 4.92. The first-order valence-electron chi connectivity index (χ1n) is 10.8. The molecular weight excluding hydrogens is 382 g/mol. The zero-order chi connectivity index (χ0) is 22.4. The van der Waals surface area contributed by atoms with E-state index in [9.17, 15) is 9.59 Å². The number of ether oxygens (including phenoxy) is 3. The van der Waals surface area contributed by atoms with Crippen molar-refractivity contribution < 1.29 is 23.8 Å². The quantitative estimate of drug-likeness (QED) is 0.587. The van der Waals surface area contributed by atoms with E-state index in [1.165, 1.54) is 7.11 Å². The lowest BCUT2D eigenvalue weighted by atomic mass is 9.85. The largest absolute Gasteiger partial charge is 0.468 e. The predicted molar refractivity (Wildman–Crippen MR) is 116 cm³/mol. The first-order valence-corrected chi connectivity index (χ1v) is 10.8. The molecule has 0 saturated carbocycles. The standard InChI is InChI=1S/C24H37NO5/c1-23(2,3)29-17-15-24(4,5)30-22(27)25-16-11-10-14-19(25)20(21(26)28-6)18-12-8-7-9-13-18/h7-9,12-13,19-20H,10-11,14-17H2,1-6H3. The average molecular weight is 420 g/mol. The van der Waals surface area contributed by atoms with Crippen LogP contribution in [0.15, 0.2) is 30.3 Å². The van der Waals surface area contributed by atoms with E-state index in [1.807, 2.05) is 65.0 Å². The number of hydrogen-bond donors (Lipinski definition) is 0. The summed E-state index contributed by atoms with van der Waals surface area (Å²) in [5.41, 5.74) is -0.0499.